The van der Waals surface area contributed by atoms with Gasteiger partial charge in [-0.2, -0.15) is 4.98 Å². The van der Waals surface area contributed by atoms with Gasteiger partial charge in [0.2, 0.25) is 0 Å². The molecular weight excluding hydrogens is 416 g/mol. The minimum absolute atomic E-state index is 0.0802. The summed E-state index contributed by atoms with van der Waals surface area (Å²) in [7, 11) is 0. The lowest BCUT2D eigenvalue weighted by molar-refractivity contribution is 0.425. The van der Waals surface area contributed by atoms with E-state index in [1.54, 1.807) is 4.57 Å². The van der Waals surface area contributed by atoms with Crippen molar-refractivity contribution in [2.24, 2.45) is 0 Å². The normalized spacial score (nSPS) is 11.2. The van der Waals surface area contributed by atoms with Crippen LogP contribution in [0.5, 0.6) is 0 Å². The lowest BCUT2D eigenvalue weighted by Gasteiger charge is -2.11. The number of aromatic nitrogens is 4. The molecule has 0 N–H and O–H groups in total. The van der Waals surface area contributed by atoms with Gasteiger partial charge in [0.25, 0.3) is 11.4 Å². The number of para-hydroxylation sites is 1. The standard InChI is InChI=1S/C22H16N4O2S2/c1-14-7-9-15(10-8-14)19-23-18(25-28-19)13-30-22-24-20-17(11-12-29-20)21(27)26(22)16-5-3-2-4-6-16/h2-12H,13H2,1H3. The van der Waals surface area contributed by atoms with Crippen molar-refractivity contribution in [3.8, 4) is 17.1 Å². The van der Waals surface area contributed by atoms with Gasteiger partial charge in [0.1, 0.15) is 4.83 Å². The van der Waals surface area contributed by atoms with Crippen molar-refractivity contribution in [3.05, 3.63) is 87.8 Å². The molecule has 0 unspecified atom stereocenters. The summed E-state index contributed by atoms with van der Waals surface area (Å²) in [6, 6.07) is 19.3. The second-order valence-electron chi connectivity index (χ2n) is 6.68. The monoisotopic (exact) mass is 432 g/mol. The first kappa shape index (κ1) is 18.8. The van der Waals surface area contributed by atoms with Gasteiger partial charge in [0.05, 0.1) is 16.8 Å². The largest absolute Gasteiger partial charge is 0.334 e. The fraction of sp³-hybridized carbons (Fsp3) is 0.0909. The Hall–Kier alpha value is -3.23. The highest BCUT2D eigenvalue weighted by Crippen LogP contribution is 2.26. The molecule has 0 amide bonds. The first-order chi connectivity index (χ1) is 14.7. The number of nitrogens with zero attached hydrogens (tertiary/aromatic N) is 4. The number of aryl methyl sites for hydroxylation is 1. The van der Waals surface area contributed by atoms with Crippen molar-refractivity contribution in [1.29, 1.82) is 0 Å². The minimum atomic E-state index is -0.0802. The van der Waals surface area contributed by atoms with E-state index in [0.717, 1.165) is 16.1 Å². The smallest absolute Gasteiger partial charge is 0.267 e. The number of fused-ring (bicyclic) bond motifs is 1. The molecule has 0 saturated carbocycles. The fourth-order valence-electron chi connectivity index (χ4n) is 3.05. The second-order valence-corrected chi connectivity index (χ2v) is 8.52. The lowest BCUT2D eigenvalue weighted by atomic mass is 10.1. The molecule has 3 heterocycles. The fourth-order valence-corrected chi connectivity index (χ4v) is 4.71. The zero-order valence-electron chi connectivity index (χ0n) is 16.0. The Morgan fingerprint density at radius 2 is 1.83 bits per heavy atom. The Morgan fingerprint density at radius 1 is 1.03 bits per heavy atom. The molecule has 6 nitrogen and oxygen atoms in total. The molecule has 5 aromatic rings. The molecule has 148 valence electrons. The Balaban J connectivity index is 1.47. The summed E-state index contributed by atoms with van der Waals surface area (Å²) in [5.74, 6) is 1.47. The van der Waals surface area contributed by atoms with Crippen LogP contribution in [0.1, 0.15) is 11.4 Å². The Bertz CT molecular complexity index is 1370. The number of rotatable bonds is 5. The summed E-state index contributed by atoms with van der Waals surface area (Å²) >= 11 is 2.87. The Labute approximate surface area is 180 Å². The highest BCUT2D eigenvalue weighted by molar-refractivity contribution is 7.98. The molecule has 5 rings (SSSR count). The molecule has 0 spiro atoms. The number of hydrogen-bond acceptors (Lipinski definition) is 7. The summed E-state index contributed by atoms with van der Waals surface area (Å²) in [5, 5.41) is 7.19. The van der Waals surface area contributed by atoms with E-state index >= 15 is 0 Å². The quantitative estimate of drug-likeness (QED) is 0.284. The van der Waals surface area contributed by atoms with Gasteiger partial charge in [-0.25, -0.2) is 4.98 Å². The van der Waals surface area contributed by atoms with E-state index in [9.17, 15) is 4.79 Å². The number of hydrogen-bond donors (Lipinski definition) is 0. The number of benzene rings is 2. The summed E-state index contributed by atoms with van der Waals surface area (Å²) < 4.78 is 7.05. The first-order valence-electron chi connectivity index (χ1n) is 9.27. The van der Waals surface area contributed by atoms with E-state index < -0.39 is 0 Å². The van der Waals surface area contributed by atoms with Crippen LogP contribution in [0.3, 0.4) is 0 Å². The maximum Gasteiger partial charge on any atom is 0.267 e. The molecule has 0 aliphatic heterocycles. The van der Waals surface area contributed by atoms with Crippen LogP contribution in [-0.4, -0.2) is 19.7 Å². The van der Waals surface area contributed by atoms with Crippen LogP contribution < -0.4 is 5.56 Å². The van der Waals surface area contributed by atoms with Crippen LogP contribution in [0.25, 0.3) is 27.4 Å². The van der Waals surface area contributed by atoms with Crippen molar-refractivity contribution in [3.63, 3.8) is 0 Å². The predicted octanol–water partition coefficient (Wildman–Crippen LogP) is 5.10. The second kappa shape index (κ2) is 7.89. The van der Waals surface area contributed by atoms with E-state index in [1.807, 2.05) is 73.0 Å². The topological polar surface area (TPSA) is 73.8 Å². The van der Waals surface area contributed by atoms with Crippen LogP contribution in [-0.2, 0) is 5.75 Å². The predicted molar refractivity (Wildman–Crippen MR) is 119 cm³/mol. The van der Waals surface area contributed by atoms with E-state index in [-0.39, 0.29) is 5.56 Å². The summed E-state index contributed by atoms with van der Waals surface area (Å²) in [6.45, 7) is 2.03. The maximum atomic E-state index is 13.1. The molecule has 0 fully saturated rings. The van der Waals surface area contributed by atoms with Crippen LogP contribution in [0.4, 0.5) is 0 Å². The average Bonchev–Trinajstić information content (AvgIpc) is 3.43. The van der Waals surface area contributed by atoms with Crippen LogP contribution in [0.2, 0.25) is 0 Å². The van der Waals surface area contributed by atoms with E-state index in [1.165, 1.54) is 28.7 Å². The van der Waals surface area contributed by atoms with Gasteiger partial charge in [0.15, 0.2) is 11.0 Å². The van der Waals surface area contributed by atoms with Gasteiger partial charge in [-0.15, -0.1) is 11.3 Å². The number of thiophene rings is 1. The van der Waals surface area contributed by atoms with Gasteiger partial charge in [-0.3, -0.25) is 9.36 Å². The first-order valence-corrected chi connectivity index (χ1v) is 11.1. The SMILES string of the molecule is Cc1ccc(-c2nc(CSc3nc4sccc4c(=O)n3-c3ccccc3)no2)cc1. The molecule has 3 aromatic heterocycles. The van der Waals surface area contributed by atoms with Crippen molar-refractivity contribution in [2.45, 2.75) is 17.8 Å². The molecule has 0 aliphatic carbocycles. The highest BCUT2D eigenvalue weighted by atomic mass is 32.2. The maximum absolute atomic E-state index is 13.1. The molecule has 0 bridgehead atoms. The molecular formula is C22H16N4O2S2. The third-order valence-electron chi connectivity index (χ3n) is 4.58. The average molecular weight is 433 g/mol. The zero-order valence-corrected chi connectivity index (χ0v) is 17.6. The summed E-state index contributed by atoms with van der Waals surface area (Å²) in [6.07, 6.45) is 0. The van der Waals surface area contributed by atoms with Gasteiger partial charge < -0.3 is 4.52 Å². The van der Waals surface area contributed by atoms with E-state index in [0.29, 0.717) is 28.0 Å². The van der Waals surface area contributed by atoms with Crippen molar-refractivity contribution < 1.29 is 4.52 Å². The minimum Gasteiger partial charge on any atom is -0.334 e. The lowest BCUT2D eigenvalue weighted by Crippen LogP contribution is -2.21. The van der Waals surface area contributed by atoms with E-state index in [4.69, 9.17) is 9.51 Å². The van der Waals surface area contributed by atoms with Crippen LogP contribution >= 0.6 is 23.1 Å². The van der Waals surface area contributed by atoms with Gasteiger partial charge >= 0.3 is 0 Å². The van der Waals surface area contributed by atoms with Crippen molar-refractivity contribution in [2.75, 3.05) is 0 Å². The Morgan fingerprint density at radius 3 is 2.63 bits per heavy atom. The van der Waals surface area contributed by atoms with Gasteiger partial charge in [0, 0.05) is 5.56 Å². The Kier molecular flexibility index (Phi) is 4.94. The van der Waals surface area contributed by atoms with Crippen LogP contribution in [0.15, 0.2) is 80.5 Å². The summed E-state index contributed by atoms with van der Waals surface area (Å²) in [5.41, 5.74) is 2.74. The van der Waals surface area contributed by atoms with Gasteiger partial charge in [-0.05, 0) is 42.6 Å². The van der Waals surface area contributed by atoms with E-state index in [2.05, 4.69) is 10.1 Å². The van der Waals surface area contributed by atoms with Gasteiger partial charge in [-0.1, -0.05) is 52.8 Å². The highest BCUT2D eigenvalue weighted by Gasteiger charge is 2.16. The van der Waals surface area contributed by atoms with Crippen molar-refractivity contribution in [1.82, 2.24) is 19.7 Å². The number of thioether (sulfide) groups is 1. The van der Waals surface area contributed by atoms with Crippen molar-refractivity contribution >= 4 is 33.3 Å². The van der Waals surface area contributed by atoms with Crippen LogP contribution in [0, 0.1) is 6.92 Å². The summed E-state index contributed by atoms with van der Waals surface area (Å²) in [4.78, 5) is 23.0. The molecule has 30 heavy (non-hydrogen) atoms. The molecule has 0 atom stereocenters. The third kappa shape index (κ3) is 3.55. The molecule has 0 radical (unpaired) electrons. The molecule has 8 heteroatoms. The zero-order chi connectivity index (χ0) is 20.5. The molecule has 2 aromatic carbocycles. The molecule has 0 aliphatic rings. The third-order valence-corrected chi connectivity index (χ3v) is 6.32. The molecule has 0 saturated heterocycles.